The minimum absolute atomic E-state index is 0.0691. The van der Waals surface area contributed by atoms with Crippen LogP contribution in [0.15, 0.2) is 57.9 Å². The zero-order valence-electron chi connectivity index (χ0n) is 10.8. The number of nitrogens with zero attached hydrogens (tertiary/aromatic N) is 1. The van der Waals surface area contributed by atoms with Gasteiger partial charge in [0.15, 0.2) is 0 Å². The first-order chi connectivity index (χ1) is 9.41. The summed E-state index contributed by atoms with van der Waals surface area (Å²) in [6, 6.07) is 13.1. The van der Waals surface area contributed by atoms with E-state index in [1.54, 1.807) is 0 Å². The van der Waals surface area contributed by atoms with Gasteiger partial charge in [0.25, 0.3) is 0 Å². The summed E-state index contributed by atoms with van der Waals surface area (Å²) in [5.41, 5.74) is 0.874. The molecule has 4 nitrogen and oxygen atoms in total. The van der Waals surface area contributed by atoms with E-state index in [0.717, 1.165) is 10.0 Å². The van der Waals surface area contributed by atoms with Crippen LogP contribution >= 0.6 is 15.9 Å². The summed E-state index contributed by atoms with van der Waals surface area (Å²) in [6.07, 6.45) is 0. The molecule has 0 spiro atoms. The second-order valence-electron chi connectivity index (χ2n) is 4.35. The summed E-state index contributed by atoms with van der Waals surface area (Å²) >= 11 is 3.40. The van der Waals surface area contributed by atoms with E-state index in [9.17, 15) is 13.5 Å². The molecule has 0 aliphatic heterocycles. The van der Waals surface area contributed by atoms with Gasteiger partial charge >= 0.3 is 0 Å². The Hall–Kier alpha value is -1.37. The van der Waals surface area contributed by atoms with Gasteiger partial charge in [-0.2, -0.15) is 4.31 Å². The van der Waals surface area contributed by atoms with Gasteiger partial charge in [-0.3, -0.25) is 0 Å². The van der Waals surface area contributed by atoms with Crippen molar-refractivity contribution < 1.29 is 13.5 Å². The molecule has 0 amide bonds. The van der Waals surface area contributed by atoms with Crippen LogP contribution < -0.4 is 0 Å². The molecule has 0 fully saturated rings. The summed E-state index contributed by atoms with van der Waals surface area (Å²) in [4.78, 5) is 0.0760. The number of hydrogen-bond donors (Lipinski definition) is 1. The van der Waals surface area contributed by atoms with Crippen LogP contribution in [-0.2, 0) is 16.6 Å². The number of sulfonamides is 1. The van der Waals surface area contributed by atoms with Crippen molar-refractivity contribution in [3.05, 3.63) is 58.6 Å². The minimum atomic E-state index is -3.62. The van der Waals surface area contributed by atoms with Crippen molar-refractivity contribution in [3.63, 3.8) is 0 Å². The van der Waals surface area contributed by atoms with Crippen LogP contribution in [0.2, 0.25) is 0 Å². The number of benzene rings is 2. The lowest BCUT2D eigenvalue weighted by molar-refractivity contribution is 0.459. The van der Waals surface area contributed by atoms with E-state index in [1.807, 2.05) is 24.3 Å². The molecule has 0 saturated carbocycles. The Labute approximate surface area is 126 Å². The molecule has 0 heterocycles. The average Bonchev–Trinajstić information content (AvgIpc) is 2.41. The third-order valence-electron chi connectivity index (χ3n) is 2.88. The van der Waals surface area contributed by atoms with Crippen LogP contribution in [0.1, 0.15) is 5.56 Å². The molecule has 1 N–H and O–H groups in total. The zero-order chi connectivity index (χ0) is 14.8. The van der Waals surface area contributed by atoms with Gasteiger partial charge in [0.05, 0.1) is 4.90 Å². The van der Waals surface area contributed by atoms with Gasteiger partial charge in [0.2, 0.25) is 10.0 Å². The van der Waals surface area contributed by atoms with Gasteiger partial charge < -0.3 is 5.11 Å². The highest BCUT2D eigenvalue weighted by atomic mass is 79.9. The van der Waals surface area contributed by atoms with Crippen molar-refractivity contribution in [2.75, 3.05) is 7.05 Å². The fourth-order valence-corrected chi connectivity index (χ4v) is 3.37. The van der Waals surface area contributed by atoms with Crippen LogP contribution in [0.3, 0.4) is 0 Å². The fourth-order valence-electron chi connectivity index (χ4n) is 1.78. The monoisotopic (exact) mass is 355 g/mol. The van der Waals surface area contributed by atoms with Crippen molar-refractivity contribution in [1.29, 1.82) is 0 Å². The van der Waals surface area contributed by atoms with Crippen molar-refractivity contribution in [1.82, 2.24) is 4.31 Å². The van der Waals surface area contributed by atoms with Crippen LogP contribution in [0.5, 0.6) is 5.75 Å². The molecule has 2 aromatic rings. The van der Waals surface area contributed by atoms with E-state index in [4.69, 9.17) is 0 Å². The Kier molecular flexibility index (Phi) is 4.47. The molecule has 0 saturated heterocycles. The third kappa shape index (κ3) is 3.20. The van der Waals surface area contributed by atoms with Crippen LogP contribution in [0.25, 0.3) is 0 Å². The van der Waals surface area contributed by atoms with E-state index < -0.39 is 10.0 Å². The Morgan fingerprint density at radius 3 is 2.50 bits per heavy atom. The average molecular weight is 356 g/mol. The molecule has 2 rings (SSSR count). The zero-order valence-corrected chi connectivity index (χ0v) is 13.2. The normalized spacial score (nSPS) is 11.8. The molecule has 106 valence electrons. The number of phenolic OH excluding ortho intramolecular Hbond substituents is 1. The number of phenols is 1. The van der Waals surface area contributed by atoms with Crippen molar-refractivity contribution in [2.45, 2.75) is 11.4 Å². The topological polar surface area (TPSA) is 57.6 Å². The van der Waals surface area contributed by atoms with Crippen molar-refractivity contribution in [3.8, 4) is 5.75 Å². The maximum absolute atomic E-state index is 12.4. The second kappa shape index (κ2) is 5.95. The largest absolute Gasteiger partial charge is 0.508 e. The van der Waals surface area contributed by atoms with Crippen molar-refractivity contribution >= 4 is 26.0 Å². The highest BCUT2D eigenvalue weighted by molar-refractivity contribution is 9.10. The van der Waals surface area contributed by atoms with Gasteiger partial charge in [-0.15, -0.1) is 0 Å². The Morgan fingerprint density at radius 1 is 1.15 bits per heavy atom. The maximum Gasteiger partial charge on any atom is 0.243 e. The lowest BCUT2D eigenvalue weighted by atomic mass is 10.2. The highest BCUT2D eigenvalue weighted by Gasteiger charge is 2.21. The lowest BCUT2D eigenvalue weighted by Gasteiger charge is -2.18. The van der Waals surface area contributed by atoms with E-state index >= 15 is 0 Å². The minimum Gasteiger partial charge on any atom is -0.508 e. The van der Waals surface area contributed by atoms with Crippen LogP contribution in [-0.4, -0.2) is 24.9 Å². The van der Waals surface area contributed by atoms with Gasteiger partial charge in [0, 0.05) is 18.1 Å². The molecular formula is C14H14BrNO3S. The summed E-state index contributed by atoms with van der Waals surface area (Å²) in [6.45, 7) is 0.249. The van der Waals surface area contributed by atoms with E-state index in [1.165, 1.54) is 35.6 Å². The molecule has 0 bridgehead atoms. The Bertz CT molecular complexity index is 716. The first-order valence-corrected chi connectivity index (χ1v) is 8.13. The molecule has 0 atom stereocenters. The number of halogens is 1. The Balaban J connectivity index is 2.29. The fraction of sp³-hybridized carbons (Fsp3) is 0.143. The van der Waals surface area contributed by atoms with Gasteiger partial charge in [-0.1, -0.05) is 40.2 Å². The predicted molar refractivity (Wildman–Crippen MR) is 80.9 cm³/mol. The first-order valence-electron chi connectivity index (χ1n) is 5.90. The number of aromatic hydroxyl groups is 1. The quantitative estimate of drug-likeness (QED) is 0.916. The smallest absolute Gasteiger partial charge is 0.243 e. The van der Waals surface area contributed by atoms with E-state index in [2.05, 4.69) is 15.9 Å². The molecule has 6 heteroatoms. The maximum atomic E-state index is 12.4. The predicted octanol–water partition coefficient (Wildman–Crippen LogP) is 2.98. The van der Waals surface area contributed by atoms with E-state index in [0.29, 0.717) is 0 Å². The lowest BCUT2D eigenvalue weighted by Crippen LogP contribution is -2.26. The number of hydrogen-bond acceptors (Lipinski definition) is 3. The molecule has 0 aliphatic carbocycles. The summed E-state index contributed by atoms with van der Waals surface area (Å²) in [5.74, 6) is -0.0691. The SMILES string of the molecule is CN(Cc1ccccc1Br)S(=O)(=O)c1cccc(O)c1. The Morgan fingerprint density at radius 2 is 1.85 bits per heavy atom. The molecule has 0 aromatic heterocycles. The molecular weight excluding hydrogens is 342 g/mol. The standard InChI is InChI=1S/C14H14BrNO3S/c1-16(10-11-5-2-3-8-14(11)15)20(18,19)13-7-4-6-12(17)9-13/h2-9,17H,10H2,1H3. The second-order valence-corrected chi connectivity index (χ2v) is 7.25. The van der Waals surface area contributed by atoms with Crippen LogP contribution in [0.4, 0.5) is 0 Å². The van der Waals surface area contributed by atoms with Crippen molar-refractivity contribution in [2.24, 2.45) is 0 Å². The molecule has 0 unspecified atom stereocenters. The number of rotatable bonds is 4. The molecule has 0 radical (unpaired) electrons. The first kappa shape index (κ1) is 15.0. The summed E-state index contributed by atoms with van der Waals surface area (Å²) in [7, 11) is -2.11. The van der Waals surface area contributed by atoms with Gasteiger partial charge in [0.1, 0.15) is 5.75 Å². The summed E-state index contributed by atoms with van der Waals surface area (Å²) in [5, 5.41) is 9.40. The van der Waals surface area contributed by atoms with E-state index in [-0.39, 0.29) is 17.2 Å². The van der Waals surface area contributed by atoms with Gasteiger partial charge in [-0.05, 0) is 29.8 Å². The van der Waals surface area contributed by atoms with Gasteiger partial charge in [-0.25, -0.2) is 8.42 Å². The molecule has 20 heavy (non-hydrogen) atoms. The summed E-state index contributed by atoms with van der Waals surface area (Å²) < 4.78 is 26.9. The molecule has 2 aromatic carbocycles. The highest BCUT2D eigenvalue weighted by Crippen LogP contribution is 2.23. The van der Waals surface area contributed by atoms with Crippen LogP contribution in [0, 0.1) is 0 Å². The third-order valence-corrected chi connectivity index (χ3v) is 5.45. The molecule has 0 aliphatic rings.